The maximum atomic E-state index is 12.8. The molecule has 10 nitrogen and oxygen atoms in total. The predicted molar refractivity (Wildman–Crippen MR) is 128 cm³/mol. The van der Waals surface area contributed by atoms with Crippen LogP contribution in [0.15, 0.2) is 40.6 Å². The van der Waals surface area contributed by atoms with Crippen molar-refractivity contribution in [1.82, 2.24) is 19.5 Å². The van der Waals surface area contributed by atoms with E-state index < -0.39 is 5.91 Å². The molecule has 0 spiro atoms. The van der Waals surface area contributed by atoms with Gasteiger partial charge < -0.3 is 20.4 Å². The lowest BCUT2D eigenvalue weighted by molar-refractivity contribution is 0.0994. The Bertz CT molecular complexity index is 1470. The predicted octanol–water partition coefficient (Wildman–Crippen LogP) is 2.90. The average molecular weight is 485 g/mol. The molecular weight excluding hydrogens is 464 g/mol. The van der Waals surface area contributed by atoms with Crippen molar-refractivity contribution in [1.29, 1.82) is 0 Å². The number of H-pyrrole nitrogens is 2. The number of nitrogens with zero attached hydrogens (tertiary/aromatic N) is 2. The van der Waals surface area contributed by atoms with Crippen molar-refractivity contribution in [3.05, 3.63) is 62.2 Å². The van der Waals surface area contributed by atoms with E-state index in [1.54, 1.807) is 43.0 Å². The Hall–Kier alpha value is -3.61. The Morgan fingerprint density at radius 3 is 2.88 bits per heavy atom. The third kappa shape index (κ3) is 4.77. The van der Waals surface area contributed by atoms with Crippen molar-refractivity contribution < 1.29 is 14.3 Å². The van der Waals surface area contributed by atoms with Crippen molar-refractivity contribution >= 4 is 51.4 Å². The molecule has 0 bridgehead atoms. The normalized spacial score (nSPS) is 11.1. The summed E-state index contributed by atoms with van der Waals surface area (Å²) in [6.45, 7) is 0.960. The first-order valence-electron chi connectivity index (χ1n) is 9.88. The van der Waals surface area contributed by atoms with Crippen molar-refractivity contribution in [3.63, 3.8) is 0 Å². The van der Waals surface area contributed by atoms with Gasteiger partial charge >= 0.3 is 0 Å². The number of methoxy groups -OCH3 is 1. The summed E-state index contributed by atoms with van der Waals surface area (Å²) in [5, 5.41) is 5.33. The molecule has 0 fully saturated rings. The fraction of sp³-hybridized carbons (Fsp3) is 0.190. The molecule has 0 saturated carbocycles. The van der Waals surface area contributed by atoms with Crippen LogP contribution in [-0.4, -0.2) is 45.1 Å². The van der Waals surface area contributed by atoms with Gasteiger partial charge in [-0.25, -0.2) is 4.98 Å². The molecule has 5 N–H and O–H groups in total. The fourth-order valence-corrected chi connectivity index (χ4v) is 4.28. The number of thiazole rings is 1. The van der Waals surface area contributed by atoms with Gasteiger partial charge in [-0.15, -0.1) is 11.3 Å². The smallest absolute Gasteiger partial charge is 0.265 e. The van der Waals surface area contributed by atoms with Gasteiger partial charge in [0, 0.05) is 43.0 Å². The summed E-state index contributed by atoms with van der Waals surface area (Å²) in [6, 6.07) is 6.36. The van der Waals surface area contributed by atoms with Crippen LogP contribution in [0.1, 0.15) is 27.3 Å². The number of rotatable bonds is 8. The molecular formula is C21H20N6O4S2. The Kier molecular flexibility index (Phi) is 6.49. The second kappa shape index (κ2) is 9.48. The van der Waals surface area contributed by atoms with E-state index in [4.69, 9.17) is 22.7 Å². The maximum absolute atomic E-state index is 12.8. The fourth-order valence-electron chi connectivity index (χ4n) is 3.28. The Morgan fingerprint density at radius 2 is 2.15 bits per heavy atom. The number of hydrogen-bond donors (Lipinski definition) is 4. The molecule has 4 rings (SSSR count). The second-order valence-corrected chi connectivity index (χ2v) is 8.40. The van der Waals surface area contributed by atoms with Gasteiger partial charge in [-0.1, -0.05) is 0 Å². The lowest BCUT2D eigenvalue weighted by atomic mass is 10.1. The number of hydrogen-bond acceptors (Lipinski definition) is 7. The van der Waals surface area contributed by atoms with Crippen LogP contribution in [0.25, 0.3) is 22.2 Å². The van der Waals surface area contributed by atoms with E-state index >= 15 is 0 Å². The lowest BCUT2D eigenvalue weighted by Gasteiger charge is -2.09. The minimum atomic E-state index is -0.568. The van der Waals surface area contributed by atoms with Gasteiger partial charge in [0.1, 0.15) is 5.69 Å². The number of ether oxygens (including phenoxy) is 1. The summed E-state index contributed by atoms with van der Waals surface area (Å²) >= 11 is 6.57. The molecule has 3 heterocycles. The highest BCUT2D eigenvalue weighted by molar-refractivity contribution is 7.71. The number of primary amides is 1. The van der Waals surface area contributed by atoms with Crippen molar-refractivity contribution in [2.45, 2.75) is 13.0 Å². The van der Waals surface area contributed by atoms with Crippen LogP contribution in [-0.2, 0) is 11.3 Å². The largest absolute Gasteiger partial charge is 0.385 e. The summed E-state index contributed by atoms with van der Waals surface area (Å²) in [7, 11) is 1.60. The molecule has 170 valence electrons. The number of aromatic amines is 2. The van der Waals surface area contributed by atoms with Gasteiger partial charge in [0.05, 0.1) is 16.6 Å². The molecule has 3 aromatic heterocycles. The topological polar surface area (TPSA) is 148 Å². The standard InChI is InChI=1S/C21H20N6O4S2/c1-31-6-2-5-27-19(30)13-4-3-11(7-14(13)25-21(27)32)18(29)26-20-24-16(10-33-20)12-8-15(17(22)28)23-9-12/h3-4,7-10,23H,2,5-6H2,1H3,(H2,22,28)(H,25,32)(H,24,26,29). The van der Waals surface area contributed by atoms with E-state index in [-0.39, 0.29) is 21.9 Å². The van der Waals surface area contributed by atoms with Crippen molar-refractivity contribution in [2.75, 3.05) is 19.0 Å². The van der Waals surface area contributed by atoms with Gasteiger partial charge in [0.2, 0.25) is 0 Å². The van der Waals surface area contributed by atoms with Crippen LogP contribution in [0.3, 0.4) is 0 Å². The highest BCUT2D eigenvalue weighted by atomic mass is 32.1. The molecule has 0 unspecified atom stereocenters. The highest BCUT2D eigenvalue weighted by Crippen LogP contribution is 2.26. The van der Waals surface area contributed by atoms with Crippen molar-refractivity contribution in [3.8, 4) is 11.3 Å². The molecule has 4 aromatic rings. The molecule has 2 amide bonds. The molecule has 0 aliphatic heterocycles. The first-order chi connectivity index (χ1) is 15.9. The van der Waals surface area contributed by atoms with Gasteiger partial charge in [0.15, 0.2) is 9.90 Å². The van der Waals surface area contributed by atoms with Crippen LogP contribution in [0, 0.1) is 4.77 Å². The van der Waals surface area contributed by atoms with E-state index in [9.17, 15) is 14.4 Å². The minimum absolute atomic E-state index is 0.219. The number of carbonyl (C=O) groups excluding carboxylic acids is 2. The number of aromatic nitrogens is 4. The van der Waals surface area contributed by atoms with E-state index in [1.165, 1.54) is 15.9 Å². The summed E-state index contributed by atoms with van der Waals surface area (Å²) < 4.78 is 6.80. The number of fused-ring (bicyclic) bond motifs is 1. The number of benzene rings is 1. The maximum Gasteiger partial charge on any atom is 0.265 e. The third-order valence-corrected chi connectivity index (χ3v) is 6.02. The van der Waals surface area contributed by atoms with Crippen LogP contribution in [0.2, 0.25) is 0 Å². The first kappa shape index (κ1) is 22.6. The number of carbonyl (C=O) groups is 2. The summed E-state index contributed by atoms with van der Waals surface area (Å²) in [5.74, 6) is -0.949. The number of anilines is 1. The number of nitrogens with one attached hydrogen (secondary N) is 3. The minimum Gasteiger partial charge on any atom is -0.385 e. The van der Waals surface area contributed by atoms with Gasteiger partial charge in [-0.2, -0.15) is 0 Å². The zero-order valence-electron chi connectivity index (χ0n) is 17.5. The SMILES string of the molecule is COCCCn1c(=S)[nH]c2cc(C(=O)Nc3nc(-c4c[nH]c(C(N)=O)c4)cs3)ccc2c1=O. The van der Waals surface area contributed by atoms with Gasteiger partial charge in [0.25, 0.3) is 17.4 Å². The molecule has 0 radical (unpaired) electrons. The van der Waals surface area contributed by atoms with Crippen LogP contribution in [0.4, 0.5) is 5.13 Å². The number of nitrogens with two attached hydrogens (primary N) is 1. The quantitative estimate of drug-likeness (QED) is 0.223. The van der Waals surface area contributed by atoms with Crippen molar-refractivity contribution in [2.24, 2.45) is 5.73 Å². The second-order valence-electron chi connectivity index (χ2n) is 7.15. The molecule has 0 saturated heterocycles. The third-order valence-electron chi connectivity index (χ3n) is 4.94. The van der Waals surface area contributed by atoms with Gasteiger partial charge in [-0.05, 0) is 42.9 Å². The molecule has 0 atom stereocenters. The highest BCUT2D eigenvalue weighted by Gasteiger charge is 2.14. The van der Waals surface area contributed by atoms with Crippen LogP contribution >= 0.6 is 23.6 Å². The summed E-state index contributed by atoms with van der Waals surface area (Å²) in [6.07, 6.45) is 2.27. The van der Waals surface area contributed by atoms with E-state index in [0.717, 1.165) is 0 Å². The molecule has 0 aliphatic carbocycles. The van der Waals surface area contributed by atoms with Crippen LogP contribution in [0.5, 0.6) is 0 Å². The zero-order valence-corrected chi connectivity index (χ0v) is 19.1. The Balaban J connectivity index is 1.54. The van der Waals surface area contributed by atoms with E-state index in [2.05, 4.69) is 20.3 Å². The Morgan fingerprint density at radius 1 is 1.33 bits per heavy atom. The zero-order chi connectivity index (χ0) is 23.5. The molecule has 33 heavy (non-hydrogen) atoms. The molecule has 12 heteroatoms. The van der Waals surface area contributed by atoms with Crippen LogP contribution < -0.4 is 16.6 Å². The molecule has 0 aliphatic rings. The summed E-state index contributed by atoms with van der Waals surface area (Å²) in [4.78, 5) is 47.0. The van der Waals surface area contributed by atoms with Gasteiger partial charge in [-0.3, -0.25) is 24.3 Å². The Labute approximate surface area is 196 Å². The summed E-state index contributed by atoms with van der Waals surface area (Å²) in [5.41, 5.74) is 7.41. The lowest BCUT2D eigenvalue weighted by Crippen LogP contribution is -2.23. The first-order valence-corrected chi connectivity index (χ1v) is 11.2. The molecule has 1 aromatic carbocycles. The average Bonchev–Trinajstić information content (AvgIpc) is 3.45. The number of amides is 2. The van der Waals surface area contributed by atoms with E-state index in [1.807, 2.05) is 0 Å². The van der Waals surface area contributed by atoms with E-state index in [0.29, 0.717) is 52.4 Å². The monoisotopic (exact) mass is 484 g/mol.